The van der Waals surface area contributed by atoms with Gasteiger partial charge in [0.05, 0.1) is 5.71 Å². The lowest BCUT2D eigenvalue weighted by Gasteiger charge is -2.15. The molecule has 1 fully saturated rings. The Hall–Kier alpha value is -2.95. The van der Waals surface area contributed by atoms with Crippen molar-refractivity contribution in [2.24, 2.45) is 11.0 Å². The van der Waals surface area contributed by atoms with E-state index in [0.29, 0.717) is 6.54 Å². The van der Waals surface area contributed by atoms with E-state index in [-0.39, 0.29) is 17.7 Å². The first kappa shape index (κ1) is 16.5. The lowest BCUT2D eigenvalue weighted by atomic mass is 9.88. The monoisotopic (exact) mass is 347 g/mol. The van der Waals surface area contributed by atoms with Crippen molar-refractivity contribution in [2.75, 3.05) is 6.54 Å². The summed E-state index contributed by atoms with van der Waals surface area (Å²) in [7, 11) is 0. The van der Waals surface area contributed by atoms with E-state index in [1.54, 1.807) is 0 Å². The third-order valence-corrected chi connectivity index (χ3v) is 5.20. The van der Waals surface area contributed by atoms with Crippen molar-refractivity contribution >= 4 is 17.5 Å². The normalized spacial score (nSPS) is 23.0. The third kappa shape index (κ3) is 3.01. The number of carbonyl (C=O) groups is 2. The van der Waals surface area contributed by atoms with E-state index in [4.69, 9.17) is 0 Å². The summed E-state index contributed by atoms with van der Waals surface area (Å²) in [6.45, 7) is 2.52. The molecule has 0 spiro atoms. The first-order chi connectivity index (χ1) is 12.6. The first-order valence-electron chi connectivity index (χ1n) is 8.92. The van der Waals surface area contributed by atoms with Gasteiger partial charge in [-0.15, -0.1) is 0 Å². The number of hydrogen-bond donors (Lipinski definition) is 2. The zero-order chi connectivity index (χ0) is 18.1. The Labute approximate surface area is 152 Å². The molecule has 26 heavy (non-hydrogen) atoms. The van der Waals surface area contributed by atoms with Gasteiger partial charge in [0, 0.05) is 18.0 Å². The molecule has 2 aromatic rings. The average Bonchev–Trinajstić information content (AvgIpc) is 3.23. The van der Waals surface area contributed by atoms with Crippen LogP contribution in [0.1, 0.15) is 34.6 Å². The van der Waals surface area contributed by atoms with Gasteiger partial charge in [0.1, 0.15) is 5.92 Å². The molecule has 5 heteroatoms. The fraction of sp³-hybridized carbons (Fsp3) is 0.286. The van der Waals surface area contributed by atoms with E-state index >= 15 is 0 Å². The molecule has 0 radical (unpaired) electrons. The SMILES string of the molecule is Cc1ccc2c(c1)/C(=N/NC(=O)C1C(=O)NCC1c1ccccc1)CC2. The summed E-state index contributed by atoms with van der Waals surface area (Å²) in [6.07, 6.45) is 1.74. The summed E-state index contributed by atoms with van der Waals surface area (Å²) in [6, 6.07) is 16.0. The second kappa shape index (κ2) is 6.75. The van der Waals surface area contributed by atoms with Crippen molar-refractivity contribution in [1.82, 2.24) is 10.7 Å². The Balaban J connectivity index is 1.53. The van der Waals surface area contributed by atoms with Crippen molar-refractivity contribution in [3.63, 3.8) is 0 Å². The lowest BCUT2D eigenvalue weighted by Crippen LogP contribution is -2.35. The zero-order valence-electron chi connectivity index (χ0n) is 14.7. The number of aryl methyl sites for hydroxylation is 2. The number of nitrogens with one attached hydrogen (secondary N) is 2. The molecule has 2 unspecified atom stereocenters. The van der Waals surface area contributed by atoms with Crippen molar-refractivity contribution < 1.29 is 9.59 Å². The smallest absolute Gasteiger partial charge is 0.253 e. The van der Waals surface area contributed by atoms with Crippen LogP contribution in [-0.4, -0.2) is 24.1 Å². The van der Waals surface area contributed by atoms with E-state index in [0.717, 1.165) is 29.7 Å². The minimum atomic E-state index is -0.750. The van der Waals surface area contributed by atoms with Gasteiger partial charge in [-0.3, -0.25) is 9.59 Å². The molecule has 2 aliphatic rings. The molecule has 0 saturated carbocycles. The van der Waals surface area contributed by atoms with Gasteiger partial charge >= 0.3 is 0 Å². The summed E-state index contributed by atoms with van der Waals surface area (Å²) in [5.41, 5.74) is 8.04. The molecule has 1 aliphatic heterocycles. The maximum atomic E-state index is 12.7. The van der Waals surface area contributed by atoms with Crippen molar-refractivity contribution in [2.45, 2.75) is 25.7 Å². The van der Waals surface area contributed by atoms with Gasteiger partial charge in [-0.1, -0.05) is 48.0 Å². The van der Waals surface area contributed by atoms with Crippen LogP contribution in [0.3, 0.4) is 0 Å². The Morgan fingerprint density at radius 3 is 2.77 bits per heavy atom. The Morgan fingerprint density at radius 1 is 1.15 bits per heavy atom. The van der Waals surface area contributed by atoms with E-state index in [2.05, 4.69) is 34.0 Å². The Kier molecular flexibility index (Phi) is 4.29. The highest BCUT2D eigenvalue weighted by Gasteiger charge is 2.41. The molecule has 132 valence electrons. The number of amides is 2. The molecule has 0 bridgehead atoms. The van der Waals surface area contributed by atoms with Crippen LogP contribution in [0, 0.1) is 12.8 Å². The van der Waals surface area contributed by atoms with Crippen LogP contribution in [0.15, 0.2) is 53.6 Å². The predicted molar refractivity (Wildman–Crippen MR) is 99.9 cm³/mol. The average molecular weight is 347 g/mol. The number of rotatable bonds is 3. The minimum Gasteiger partial charge on any atom is -0.355 e. The van der Waals surface area contributed by atoms with Crippen molar-refractivity contribution in [3.05, 3.63) is 70.8 Å². The Bertz CT molecular complexity index is 889. The van der Waals surface area contributed by atoms with E-state index in [1.807, 2.05) is 37.3 Å². The van der Waals surface area contributed by atoms with Gasteiger partial charge in [0.2, 0.25) is 5.91 Å². The second-order valence-corrected chi connectivity index (χ2v) is 6.94. The summed E-state index contributed by atoms with van der Waals surface area (Å²) in [5, 5.41) is 7.15. The molecule has 1 aliphatic carbocycles. The van der Waals surface area contributed by atoms with Crippen molar-refractivity contribution in [1.29, 1.82) is 0 Å². The lowest BCUT2D eigenvalue weighted by molar-refractivity contribution is -0.133. The van der Waals surface area contributed by atoms with E-state index in [1.165, 1.54) is 11.1 Å². The highest BCUT2D eigenvalue weighted by atomic mass is 16.2. The maximum Gasteiger partial charge on any atom is 0.253 e. The van der Waals surface area contributed by atoms with Gasteiger partial charge in [0.25, 0.3) is 5.91 Å². The maximum absolute atomic E-state index is 12.7. The van der Waals surface area contributed by atoms with Gasteiger partial charge < -0.3 is 5.32 Å². The van der Waals surface area contributed by atoms with Crippen LogP contribution < -0.4 is 10.7 Å². The molecule has 0 aromatic heterocycles. The minimum absolute atomic E-state index is 0.165. The number of fused-ring (bicyclic) bond motifs is 1. The summed E-state index contributed by atoms with van der Waals surface area (Å²) >= 11 is 0. The molecule has 2 N–H and O–H groups in total. The van der Waals surface area contributed by atoms with Gasteiger partial charge in [-0.05, 0) is 37.0 Å². The number of hydrazone groups is 1. The highest BCUT2D eigenvalue weighted by molar-refractivity contribution is 6.06. The van der Waals surface area contributed by atoms with Crippen LogP contribution in [0.25, 0.3) is 0 Å². The van der Waals surface area contributed by atoms with Gasteiger partial charge in [0.15, 0.2) is 0 Å². The fourth-order valence-electron chi connectivity index (χ4n) is 3.81. The van der Waals surface area contributed by atoms with Crippen LogP contribution in [-0.2, 0) is 16.0 Å². The molecule has 2 aromatic carbocycles. The molecule has 1 heterocycles. The predicted octanol–water partition coefficient (Wildman–Crippen LogP) is 2.29. The van der Waals surface area contributed by atoms with E-state index in [9.17, 15) is 9.59 Å². The molecule has 1 saturated heterocycles. The summed E-state index contributed by atoms with van der Waals surface area (Å²) < 4.78 is 0. The quantitative estimate of drug-likeness (QED) is 0.661. The van der Waals surface area contributed by atoms with Crippen LogP contribution in [0.4, 0.5) is 0 Å². The summed E-state index contributed by atoms with van der Waals surface area (Å²) in [4.78, 5) is 24.9. The molecule has 2 amide bonds. The van der Waals surface area contributed by atoms with Crippen LogP contribution >= 0.6 is 0 Å². The Morgan fingerprint density at radius 2 is 1.96 bits per heavy atom. The molecule has 5 nitrogen and oxygen atoms in total. The van der Waals surface area contributed by atoms with Gasteiger partial charge in [-0.25, -0.2) is 5.43 Å². The molecule has 4 rings (SSSR count). The number of carbonyl (C=O) groups excluding carboxylic acids is 2. The molecular weight excluding hydrogens is 326 g/mol. The standard InChI is InChI=1S/C21H21N3O2/c1-13-7-8-15-9-10-18(16(15)11-13)23-24-21(26)19-17(12-22-20(19)25)14-5-3-2-4-6-14/h2-8,11,17,19H,9-10,12H2,1H3,(H,22,25)(H,24,26)/b23-18+. The molecular formula is C21H21N3O2. The third-order valence-electron chi connectivity index (χ3n) is 5.20. The number of hydrogen-bond acceptors (Lipinski definition) is 3. The molecule has 2 atom stereocenters. The van der Waals surface area contributed by atoms with Gasteiger partial charge in [-0.2, -0.15) is 5.10 Å². The fourth-order valence-corrected chi connectivity index (χ4v) is 3.81. The van der Waals surface area contributed by atoms with Crippen LogP contribution in [0.2, 0.25) is 0 Å². The zero-order valence-corrected chi connectivity index (χ0v) is 14.7. The van der Waals surface area contributed by atoms with Crippen molar-refractivity contribution in [3.8, 4) is 0 Å². The first-order valence-corrected chi connectivity index (χ1v) is 8.92. The number of benzene rings is 2. The second-order valence-electron chi connectivity index (χ2n) is 6.94. The number of nitrogens with zero attached hydrogens (tertiary/aromatic N) is 1. The van der Waals surface area contributed by atoms with E-state index < -0.39 is 5.92 Å². The topological polar surface area (TPSA) is 70.6 Å². The largest absolute Gasteiger partial charge is 0.355 e. The van der Waals surface area contributed by atoms with Crippen LogP contribution in [0.5, 0.6) is 0 Å². The highest BCUT2D eigenvalue weighted by Crippen LogP contribution is 2.29. The summed E-state index contributed by atoms with van der Waals surface area (Å²) in [5.74, 6) is -1.50.